The zero-order chi connectivity index (χ0) is 15.0. The molecule has 0 bridgehead atoms. The van der Waals surface area contributed by atoms with Crippen LogP contribution >= 0.6 is 11.6 Å². The van der Waals surface area contributed by atoms with E-state index >= 15 is 0 Å². The van der Waals surface area contributed by atoms with Crippen LogP contribution in [-0.2, 0) is 11.3 Å². The van der Waals surface area contributed by atoms with Crippen LogP contribution < -0.4 is 5.32 Å². The van der Waals surface area contributed by atoms with E-state index in [2.05, 4.69) is 24.1 Å². The van der Waals surface area contributed by atoms with E-state index in [9.17, 15) is 4.79 Å². The van der Waals surface area contributed by atoms with Crippen molar-refractivity contribution in [2.45, 2.75) is 46.2 Å². The highest BCUT2D eigenvalue weighted by molar-refractivity contribution is 6.30. The molecule has 1 unspecified atom stereocenters. The predicted octanol–water partition coefficient (Wildman–Crippen LogP) is 3.47. The number of amides is 1. The van der Waals surface area contributed by atoms with E-state index in [4.69, 9.17) is 11.6 Å². The monoisotopic (exact) mass is 296 g/mol. The van der Waals surface area contributed by atoms with Crippen molar-refractivity contribution >= 4 is 17.5 Å². The van der Waals surface area contributed by atoms with E-state index in [1.54, 1.807) is 0 Å². The molecule has 1 aromatic rings. The normalized spacial score (nSPS) is 12.4. The maximum atomic E-state index is 12.2. The molecule has 0 saturated carbocycles. The number of carbonyl (C=O) groups excluding carboxylic acids is 1. The molecule has 0 radical (unpaired) electrons. The summed E-state index contributed by atoms with van der Waals surface area (Å²) in [5.41, 5.74) is 1.06. The molecule has 0 saturated heterocycles. The maximum absolute atomic E-state index is 12.2. The average molecular weight is 297 g/mol. The number of nitrogens with zero attached hydrogens (tertiary/aromatic N) is 1. The highest BCUT2D eigenvalue weighted by Crippen LogP contribution is 2.09. The van der Waals surface area contributed by atoms with Crippen LogP contribution in [0.3, 0.4) is 0 Å². The highest BCUT2D eigenvalue weighted by atomic mass is 35.5. The SMILES string of the molecule is CCCCN(CC)C(C)C(=O)NCc1ccc(Cl)cc1. The lowest BCUT2D eigenvalue weighted by Gasteiger charge is -2.26. The fourth-order valence-corrected chi connectivity index (χ4v) is 2.22. The second-order valence-electron chi connectivity index (χ2n) is 5.00. The summed E-state index contributed by atoms with van der Waals surface area (Å²) in [4.78, 5) is 14.4. The Kier molecular flexibility index (Phi) is 7.63. The van der Waals surface area contributed by atoms with Gasteiger partial charge in [0.25, 0.3) is 0 Å². The lowest BCUT2D eigenvalue weighted by Crippen LogP contribution is -2.45. The van der Waals surface area contributed by atoms with Gasteiger partial charge in [-0.15, -0.1) is 0 Å². The first kappa shape index (κ1) is 17.0. The molecule has 0 heterocycles. The number of hydrogen-bond donors (Lipinski definition) is 1. The van der Waals surface area contributed by atoms with Crippen molar-refractivity contribution in [2.75, 3.05) is 13.1 Å². The summed E-state index contributed by atoms with van der Waals surface area (Å²) in [6.45, 7) is 8.65. The van der Waals surface area contributed by atoms with Gasteiger partial charge in [-0.05, 0) is 44.1 Å². The lowest BCUT2D eigenvalue weighted by molar-refractivity contribution is -0.126. The number of hydrogen-bond acceptors (Lipinski definition) is 2. The molecule has 20 heavy (non-hydrogen) atoms. The summed E-state index contributed by atoms with van der Waals surface area (Å²) in [5, 5.41) is 3.70. The molecule has 1 atom stereocenters. The van der Waals surface area contributed by atoms with Gasteiger partial charge in [0, 0.05) is 11.6 Å². The molecule has 112 valence electrons. The largest absolute Gasteiger partial charge is 0.351 e. The Morgan fingerprint density at radius 2 is 1.95 bits per heavy atom. The van der Waals surface area contributed by atoms with Gasteiger partial charge in [0.2, 0.25) is 5.91 Å². The van der Waals surface area contributed by atoms with Crippen LogP contribution in [0, 0.1) is 0 Å². The zero-order valence-electron chi connectivity index (χ0n) is 12.7. The van der Waals surface area contributed by atoms with E-state index in [1.165, 1.54) is 0 Å². The van der Waals surface area contributed by atoms with E-state index in [0.29, 0.717) is 11.6 Å². The molecule has 0 aliphatic heterocycles. The van der Waals surface area contributed by atoms with Crippen molar-refractivity contribution in [3.05, 3.63) is 34.9 Å². The van der Waals surface area contributed by atoms with E-state index < -0.39 is 0 Å². The molecule has 1 aromatic carbocycles. The molecule has 0 aliphatic rings. The fraction of sp³-hybridized carbons (Fsp3) is 0.562. The molecule has 3 nitrogen and oxygen atoms in total. The molecule has 4 heteroatoms. The van der Waals surface area contributed by atoms with Crippen molar-refractivity contribution in [3.8, 4) is 0 Å². The Morgan fingerprint density at radius 3 is 2.50 bits per heavy atom. The third-order valence-corrected chi connectivity index (χ3v) is 3.76. The molecule has 0 spiro atoms. The minimum absolute atomic E-state index is 0.0814. The van der Waals surface area contributed by atoms with Gasteiger partial charge in [0.05, 0.1) is 6.04 Å². The van der Waals surface area contributed by atoms with Gasteiger partial charge in [-0.1, -0.05) is 44.0 Å². The van der Waals surface area contributed by atoms with Crippen molar-refractivity contribution in [1.82, 2.24) is 10.2 Å². The predicted molar refractivity (Wildman–Crippen MR) is 84.9 cm³/mol. The van der Waals surface area contributed by atoms with Gasteiger partial charge in [-0.25, -0.2) is 0 Å². The van der Waals surface area contributed by atoms with E-state index in [-0.39, 0.29) is 11.9 Å². The summed E-state index contributed by atoms with van der Waals surface area (Å²) < 4.78 is 0. The van der Waals surface area contributed by atoms with Crippen molar-refractivity contribution in [1.29, 1.82) is 0 Å². The fourth-order valence-electron chi connectivity index (χ4n) is 2.09. The number of nitrogens with one attached hydrogen (secondary N) is 1. The quantitative estimate of drug-likeness (QED) is 0.797. The Morgan fingerprint density at radius 1 is 1.30 bits per heavy atom. The third kappa shape index (κ3) is 5.51. The van der Waals surface area contributed by atoms with Gasteiger partial charge in [0.1, 0.15) is 0 Å². The van der Waals surface area contributed by atoms with E-state index in [1.807, 2.05) is 31.2 Å². The van der Waals surface area contributed by atoms with Gasteiger partial charge < -0.3 is 5.32 Å². The molecule has 0 aromatic heterocycles. The molecular weight excluding hydrogens is 272 g/mol. The van der Waals surface area contributed by atoms with Gasteiger partial charge >= 0.3 is 0 Å². The van der Waals surface area contributed by atoms with E-state index in [0.717, 1.165) is 31.5 Å². The van der Waals surface area contributed by atoms with Gasteiger partial charge in [0.15, 0.2) is 0 Å². The summed E-state index contributed by atoms with van der Waals surface area (Å²) in [5.74, 6) is 0.0814. The van der Waals surface area contributed by atoms with Crippen LogP contribution in [0.2, 0.25) is 5.02 Å². The number of rotatable bonds is 8. The first-order valence-electron chi connectivity index (χ1n) is 7.34. The minimum atomic E-state index is -0.0844. The van der Waals surface area contributed by atoms with Crippen molar-refractivity contribution < 1.29 is 4.79 Å². The molecule has 0 fully saturated rings. The number of halogens is 1. The lowest BCUT2D eigenvalue weighted by atomic mass is 10.2. The minimum Gasteiger partial charge on any atom is -0.351 e. The van der Waals surface area contributed by atoms with Crippen LogP contribution in [-0.4, -0.2) is 29.9 Å². The standard InChI is InChI=1S/C16H25ClN2O/c1-4-6-11-19(5-2)13(3)16(20)18-12-14-7-9-15(17)10-8-14/h7-10,13H,4-6,11-12H2,1-3H3,(H,18,20). The zero-order valence-corrected chi connectivity index (χ0v) is 13.4. The summed E-state index contributed by atoms with van der Waals surface area (Å²) in [6, 6.07) is 7.46. The first-order valence-corrected chi connectivity index (χ1v) is 7.72. The summed E-state index contributed by atoms with van der Waals surface area (Å²) >= 11 is 5.84. The van der Waals surface area contributed by atoms with Crippen molar-refractivity contribution in [2.24, 2.45) is 0 Å². The smallest absolute Gasteiger partial charge is 0.237 e. The number of likely N-dealkylation sites (N-methyl/N-ethyl adjacent to an activating group) is 1. The maximum Gasteiger partial charge on any atom is 0.237 e. The Labute approximate surface area is 127 Å². The van der Waals surface area contributed by atoms with Crippen LogP contribution in [0.4, 0.5) is 0 Å². The molecule has 1 rings (SSSR count). The highest BCUT2D eigenvalue weighted by Gasteiger charge is 2.18. The summed E-state index contributed by atoms with van der Waals surface area (Å²) in [6.07, 6.45) is 2.28. The Bertz CT molecular complexity index is 405. The second kappa shape index (κ2) is 8.98. The van der Waals surface area contributed by atoms with Gasteiger partial charge in [-0.2, -0.15) is 0 Å². The Balaban J connectivity index is 2.46. The average Bonchev–Trinajstić information content (AvgIpc) is 2.46. The third-order valence-electron chi connectivity index (χ3n) is 3.51. The summed E-state index contributed by atoms with van der Waals surface area (Å²) in [7, 11) is 0. The number of unbranched alkanes of at least 4 members (excludes halogenated alkanes) is 1. The molecule has 0 aliphatic carbocycles. The molecule has 1 amide bonds. The van der Waals surface area contributed by atoms with Crippen LogP contribution in [0.15, 0.2) is 24.3 Å². The first-order chi connectivity index (χ1) is 9.58. The van der Waals surface area contributed by atoms with Crippen LogP contribution in [0.25, 0.3) is 0 Å². The Hall–Kier alpha value is -1.06. The second-order valence-corrected chi connectivity index (χ2v) is 5.44. The molecular formula is C16H25ClN2O. The number of benzene rings is 1. The number of carbonyl (C=O) groups is 1. The molecule has 1 N–H and O–H groups in total. The van der Waals surface area contributed by atoms with Crippen LogP contribution in [0.1, 0.15) is 39.2 Å². The van der Waals surface area contributed by atoms with Crippen molar-refractivity contribution in [3.63, 3.8) is 0 Å². The van der Waals surface area contributed by atoms with Gasteiger partial charge in [-0.3, -0.25) is 9.69 Å². The topological polar surface area (TPSA) is 32.3 Å². The van der Waals surface area contributed by atoms with Crippen LogP contribution in [0.5, 0.6) is 0 Å².